The molecular formula is C21H25N3O6S. The Hall–Kier alpha value is -2.88. The minimum atomic E-state index is -0.761. The average Bonchev–Trinajstić information content (AvgIpc) is 2.69. The fraction of sp³-hybridized carbons (Fsp3) is 0.476. The van der Waals surface area contributed by atoms with Crippen LogP contribution in [0.25, 0.3) is 0 Å². The number of hydrogen-bond acceptors (Lipinski definition) is 8. The van der Waals surface area contributed by atoms with E-state index >= 15 is 0 Å². The van der Waals surface area contributed by atoms with Gasteiger partial charge in [-0.05, 0) is 38.5 Å². The Bertz CT molecular complexity index is 925. The molecule has 1 fully saturated rings. The second-order valence-electron chi connectivity index (χ2n) is 8.22. The standard InChI is InChI=1S/C21H25N3O6S/c1-12(25)29-10-14-11-31-19-16(23-15(26)9-13-5-7-22-8-6-13)18(27)24(19)17(14)20(28)30-21(2,3)4/h5-8,16,19H,9-11H2,1-4H3,(H,23,26)/t16-,19+/m1/s1. The molecule has 0 spiro atoms. The van der Waals surface area contributed by atoms with Crippen LogP contribution >= 0.6 is 11.8 Å². The summed E-state index contributed by atoms with van der Waals surface area (Å²) in [5, 5.41) is 2.32. The van der Waals surface area contributed by atoms with Crippen molar-refractivity contribution in [3.8, 4) is 0 Å². The first kappa shape index (κ1) is 22.8. The summed E-state index contributed by atoms with van der Waals surface area (Å²) in [5.41, 5.74) is 0.610. The predicted octanol–water partition coefficient (Wildman–Crippen LogP) is 1.18. The SMILES string of the molecule is CC(=O)OCC1=C(C(=O)OC(C)(C)C)N2C(=O)[C@@H](NC(=O)Cc3ccncc3)[C@@H]2SC1. The van der Waals surface area contributed by atoms with Gasteiger partial charge in [0, 0.05) is 30.6 Å². The first-order chi connectivity index (χ1) is 14.6. The van der Waals surface area contributed by atoms with Crippen molar-refractivity contribution in [1.29, 1.82) is 0 Å². The van der Waals surface area contributed by atoms with E-state index in [1.807, 2.05) is 0 Å². The summed E-state index contributed by atoms with van der Waals surface area (Å²) in [6.45, 7) is 6.35. The maximum Gasteiger partial charge on any atom is 0.355 e. The molecule has 166 valence electrons. The van der Waals surface area contributed by atoms with E-state index in [0.717, 1.165) is 5.56 Å². The maximum atomic E-state index is 12.9. The third kappa shape index (κ3) is 5.43. The molecule has 0 radical (unpaired) electrons. The van der Waals surface area contributed by atoms with Crippen LogP contribution in [0.15, 0.2) is 35.8 Å². The van der Waals surface area contributed by atoms with Crippen LogP contribution < -0.4 is 5.32 Å². The third-order valence-electron chi connectivity index (χ3n) is 4.52. The van der Waals surface area contributed by atoms with Crippen molar-refractivity contribution in [2.45, 2.75) is 51.1 Å². The van der Waals surface area contributed by atoms with Gasteiger partial charge in [-0.1, -0.05) is 0 Å². The summed E-state index contributed by atoms with van der Waals surface area (Å²) in [5.74, 6) is -1.47. The molecule has 0 aliphatic carbocycles. The highest BCUT2D eigenvalue weighted by Gasteiger charge is 2.54. The van der Waals surface area contributed by atoms with Crippen LogP contribution in [0.1, 0.15) is 33.3 Å². The zero-order chi connectivity index (χ0) is 22.8. The minimum absolute atomic E-state index is 0.0876. The lowest BCUT2D eigenvalue weighted by Crippen LogP contribution is -2.71. The van der Waals surface area contributed by atoms with Crippen LogP contribution in [0.4, 0.5) is 0 Å². The fourth-order valence-electron chi connectivity index (χ4n) is 3.21. The lowest BCUT2D eigenvalue weighted by atomic mass is 10.0. The smallest absolute Gasteiger partial charge is 0.355 e. The molecule has 3 heterocycles. The minimum Gasteiger partial charge on any atom is -0.461 e. The quantitative estimate of drug-likeness (QED) is 0.511. The van der Waals surface area contributed by atoms with Gasteiger partial charge in [0.25, 0.3) is 5.91 Å². The lowest BCUT2D eigenvalue weighted by molar-refractivity contribution is -0.159. The zero-order valence-corrected chi connectivity index (χ0v) is 18.7. The molecule has 3 rings (SSSR count). The molecule has 0 unspecified atom stereocenters. The molecule has 1 aromatic rings. The number of fused-ring (bicyclic) bond motifs is 1. The van der Waals surface area contributed by atoms with E-state index in [0.29, 0.717) is 11.3 Å². The third-order valence-corrected chi connectivity index (χ3v) is 5.86. The Morgan fingerprint density at radius 2 is 1.94 bits per heavy atom. The Morgan fingerprint density at radius 1 is 1.26 bits per heavy atom. The summed E-state index contributed by atoms with van der Waals surface area (Å²) in [7, 11) is 0. The summed E-state index contributed by atoms with van der Waals surface area (Å²) in [6, 6.07) is 2.72. The van der Waals surface area contributed by atoms with Crippen LogP contribution in [0.2, 0.25) is 0 Å². The molecule has 1 N–H and O–H groups in total. The van der Waals surface area contributed by atoms with Crippen molar-refractivity contribution in [2.24, 2.45) is 0 Å². The number of rotatable bonds is 6. The van der Waals surface area contributed by atoms with Crippen molar-refractivity contribution < 1.29 is 28.7 Å². The number of nitrogens with one attached hydrogen (secondary N) is 1. The van der Waals surface area contributed by atoms with Gasteiger partial charge < -0.3 is 14.8 Å². The molecule has 2 amide bonds. The number of ether oxygens (including phenoxy) is 2. The van der Waals surface area contributed by atoms with Crippen molar-refractivity contribution >= 4 is 35.5 Å². The summed E-state index contributed by atoms with van der Waals surface area (Å²) in [4.78, 5) is 54.6. The van der Waals surface area contributed by atoms with Gasteiger partial charge in [0.2, 0.25) is 5.91 Å². The first-order valence-corrected chi connectivity index (χ1v) is 10.8. The van der Waals surface area contributed by atoms with Gasteiger partial charge in [0.1, 0.15) is 29.3 Å². The van der Waals surface area contributed by atoms with E-state index in [4.69, 9.17) is 9.47 Å². The molecule has 9 nitrogen and oxygen atoms in total. The largest absolute Gasteiger partial charge is 0.461 e. The van der Waals surface area contributed by atoms with Gasteiger partial charge in [-0.2, -0.15) is 0 Å². The number of pyridine rings is 1. The molecule has 2 aliphatic heterocycles. The highest BCUT2D eigenvalue weighted by Crippen LogP contribution is 2.41. The summed E-state index contributed by atoms with van der Waals surface area (Å²) >= 11 is 1.40. The van der Waals surface area contributed by atoms with Gasteiger partial charge in [-0.25, -0.2) is 4.79 Å². The van der Waals surface area contributed by atoms with Gasteiger partial charge in [0.05, 0.1) is 6.42 Å². The van der Waals surface area contributed by atoms with Crippen molar-refractivity contribution in [1.82, 2.24) is 15.2 Å². The van der Waals surface area contributed by atoms with E-state index in [-0.39, 0.29) is 24.6 Å². The number of amides is 2. The highest BCUT2D eigenvalue weighted by atomic mass is 32.2. The van der Waals surface area contributed by atoms with Gasteiger partial charge in [0.15, 0.2) is 0 Å². The molecule has 1 saturated heterocycles. The monoisotopic (exact) mass is 447 g/mol. The Kier molecular flexibility index (Phi) is 6.68. The number of thioether (sulfide) groups is 1. The topological polar surface area (TPSA) is 115 Å². The molecular weight excluding hydrogens is 422 g/mol. The molecule has 0 bridgehead atoms. The van der Waals surface area contributed by atoms with Gasteiger partial charge in [-0.3, -0.25) is 24.3 Å². The van der Waals surface area contributed by atoms with Crippen LogP contribution in [-0.2, 0) is 35.1 Å². The van der Waals surface area contributed by atoms with Crippen LogP contribution in [-0.4, -0.2) is 63.0 Å². The van der Waals surface area contributed by atoms with E-state index < -0.39 is 34.9 Å². The first-order valence-electron chi connectivity index (χ1n) is 9.78. The second kappa shape index (κ2) is 9.09. The van der Waals surface area contributed by atoms with Crippen molar-refractivity contribution in [2.75, 3.05) is 12.4 Å². The number of carbonyl (C=O) groups excluding carboxylic acids is 4. The molecule has 2 aliphatic rings. The molecule has 10 heteroatoms. The predicted molar refractivity (Wildman–Crippen MR) is 112 cm³/mol. The summed E-state index contributed by atoms with van der Waals surface area (Å²) in [6.07, 6.45) is 3.31. The summed E-state index contributed by atoms with van der Waals surface area (Å²) < 4.78 is 10.5. The van der Waals surface area contributed by atoms with Crippen molar-refractivity contribution in [3.63, 3.8) is 0 Å². The van der Waals surface area contributed by atoms with Crippen molar-refractivity contribution in [3.05, 3.63) is 41.4 Å². The van der Waals surface area contributed by atoms with E-state index in [1.54, 1.807) is 45.3 Å². The van der Waals surface area contributed by atoms with E-state index in [1.165, 1.54) is 23.6 Å². The Morgan fingerprint density at radius 3 is 2.55 bits per heavy atom. The Labute approximate surface area is 184 Å². The fourth-order valence-corrected chi connectivity index (χ4v) is 4.54. The second-order valence-corrected chi connectivity index (χ2v) is 9.33. The van der Waals surface area contributed by atoms with E-state index in [9.17, 15) is 19.2 Å². The number of β-lactam (4-membered cyclic amide) rings is 1. The average molecular weight is 448 g/mol. The normalized spacial score (nSPS) is 20.5. The zero-order valence-electron chi connectivity index (χ0n) is 17.8. The number of hydrogen-bond donors (Lipinski definition) is 1. The van der Waals surface area contributed by atoms with Crippen LogP contribution in [0.5, 0.6) is 0 Å². The molecule has 0 aromatic carbocycles. The van der Waals surface area contributed by atoms with Crippen LogP contribution in [0.3, 0.4) is 0 Å². The number of esters is 2. The number of carbonyl (C=O) groups is 4. The number of aromatic nitrogens is 1. The molecule has 1 aromatic heterocycles. The van der Waals surface area contributed by atoms with Gasteiger partial charge >= 0.3 is 11.9 Å². The maximum absolute atomic E-state index is 12.9. The lowest BCUT2D eigenvalue weighted by Gasteiger charge is -2.49. The van der Waals surface area contributed by atoms with E-state index in [2.05, 4.69) is 10.3 Å². The molecule has 31 heavy (non-hydrogen) atoms. The highest BCUT2D eigenvalue weighted by molar-refractivity contribution is 8.00. The molecule has 0 saturated carbocycles. The Balaban J connectivity index is 1.75. The molecule has 2 atom stereocenters. The van der Waals surface area contributed by atoms with Crippen LogP contribution in [0, 0.1) is 0 Å². The van der Waals surface area contributed by atoms with Gasteiger partial charge in [-0.15, -0.1) is 11.8 Å². The number of nitrogens with zero attached hydrogens (tertiary/aromatic N) is 2.